The molecule has 2 heteroatoms. The van der Waals surface area contributed by atoms with Crippen molar-refractivity contribution in [3.8, 4) is 0 Å². The van der Waals surface area contributed by atoms with Gasteiger partial charge in [0.15, 0.2) is 0 Å². The van der Waals surface area contributed by atoms with Gasteiger partial charge in [0, 0.05) is 0 Å². The summed E-state index contributed by atoms with van der Waals surface area (Å²) in [4.78, 5) is 28.1. The van der Waals surface area contributed by atoms with Crippen LogP contribution in [0.2, 0.25) is 0 Å². The van der Waals surface area contributed by atoms with Crippen LogP contribution in [0.25, 0.3) is 0 Å². The molecule has 0 bridgehead atoms. The van der Waals surface area contributed by atoms with Crippen molar-refractivity contribution < 1.29 is 9.59 Å². The Balaban J connectivity index is 1.84. The third-order valence-corrected chi connectivity index (χ3v) is 6.58. The summed E-state index contributed by atoms with van der Waals surface area (Å²) >= 11 is 0. The average molecular weight is 402 g/mol. The molecule has 1 aliphatic carbocycles. The van der Waals surface area contributed by atoms with E-state index in [0.29, 0.717) is 6.42 Å². The van der Waals surface area contributed by atoms with Gasteiger partial charge in [-0.05, 0) is 28.7 Å². The lowest BCUT2D eigenvalue weighted by Gasteiger charge is -2.33. The second-order valence-electron chi connectivity index (χ2n) is 8.11. The SMILES string of the molecule is O=C1C(=O)C(c2ccccc2)(c2ccccc2)CC1(c1ccccc1)c1ccccc1. The number of benzene rings is 4. The lowest BCUT2D eigenvalue weighted by atomic mass is 9.66. The largest absolute Gasteiger partial charge is 0.289 e. The van der Waals surface area contributed by atoms with E-state index in [9.17, 15) is 9.59 Å². The van der Waals surface area contributed by atoms with Crippen molar-refractivity contribution in [1.82, 2.24) is 0 Å². The molecule has 2 nitrogen and oxygen atoms in total. The van der Waals surface area contributed by atoms with Gasteiger partial charge in [-0.25, -0.2) is 0 Å². The summed E-state index contributed by atoms with van der Waals surface area (Å²) < 4.78 is 0. The first-order valence-electron chi connectivity index (χ1n) is 10.5. The molecular formula is C29H22O2. The van der Waals surface area contributed by atoms with E-state index in [1.54, 1.807) is 0 Å². The van der Waals surface area contributed by atoms with Crippen molar-refractivity contribution in [1.29, 1.82) is 0 Å². The van der Waals surface area contributed by atoms with E-state index >= 15 is 0 Å². The predicted octanol–water partition coefficient (Wildman–Crippen LogP) is 5.50. The smallest absolute Gasteiger partial charge is 0.214 e. The lowest BCUT2D eigenvalue weighted by molar-refractivity contribution is -0.137. The van der Waals surface area contributed by atoms with Gasteiger partial charge in [-0.2, -0.15) is 0 Å². The standard InChI is InChI=1S/C29H22O2/c30-26-27(31)29(24-17-9-3-10-18-24,25-19-11-4-12-20-25)21-28(26,22-13-5-1-6-14-22)23-15-7-2-8-16-23/h1-20H,21H2. The van der Waals surface area contributed by atoms with Gasteiger partial charge in [0.1, 0.15) is 0 Å². The molecule has 0 heterocycles. The molecule has 0 N–H and O–H groups in total. The molecule has 31 heavy (non-hydrogen) atoms. The van der Waals surface area contributed by atoms with Crippen molar-refractivity contribution in [3.05, 3.63) is 144 Å². The molecule has 4 aromatic rings. The van der Waals surface area contributed by atoms with Gasteiger partial charge in [0.05, 0.1) is 10.8 Å². The van der Waals surface area contributed by atoms with Crippen LogP contribution in [0.4, 0.5) is 0 Å². The van der Waals surface area contributed by atoms with Crippen LogP contribution in [0.1, 0.15) is 28.7 Å². The molecule has 0 radical (unpaired) electrons. The number of Topliss-reactive ketones (excluding diaryl/α,β-unsaturated/α-hetero) is 2. The van der Waals surface area contributed by atoms with E-state index < -0.39 is 10.8 Å². The predicted molar refractivity (Wildman–Crippen MR) is 122 cm³/mol. The Labute approximate surface area is 182 Å². The summed E-state index contributed by atoms with van der Waals surface area (Å²) in [5, 5.41) is 0. The maximum Gasteiger partial charge on any atom is 0.214 e. The Kier molecular flexibility index (Phi) is 4.63. The van der Waals surface area contributed by atoms with Gasteiger partial charge in [-0.1, -0.05) is 121 Å². The van der Waals surface area contributed by atoms with Gasteiger partial charge < -0.3 is 0 Å². The van der Waals surface area contributed by atoms with Crippen LogP contribution in [0.15, 0.2) is 121 Å². The number of rotatable bonds is 4. The number of carbonyl (C=O) groups is 2. The zero-order valence-corrected chi connectivity index (χ0v) is 17.1. The number of ketones is 2. The Morgan fingerprint density at radius 1 is 0.387 bits per heavy atom. The van der Waals surface area contributed by atoms with E-state index in [4.69, 9.17) is 0 Å². The van der Waals surface area contributed by atoms with Crippen LogP contribution >= 0.6 is 0 Å². The molecule has 150 valence electrons. The van der Waals surface area contributed by atoms with Crippen molar-refractivity contribution in [3.63, 3.8) is 0 Å². The summed E-state index contributed by atoms with van der Waals surface area (Å²) in [6.45, 7) is 0. The number of hydrogen-bond donors (Lipinski definition) is 0. The van der Waals surface area contributed by atoms with Crippen LogP contribution in [-0.4, -0.2) is 11.6 Å². The van der Waals surface area contributed by atoms with Crippen LogP contribution in [0, 0.1) is 0 Å². The second-order valence-corrected chi connectivity index (χ2v) is 8.11. The zero-order valence-electron chi connectivity index (χ0n) is 17.1. The molecule has 0 unspecified atom stereocenters. The molecule has 1 saturated carbocycles. The van der Waals surface area contributed by atoms with Crippen molar-refractivity contribution >= 4 is 11.6 Å². The summed E-state index contributed by atoms with van der Waals surface area (Å²) in [6, 6.07) is 38.9. The Hall–Kier alpha value is -3.78. The summed E-state index contributed by atoms with van der Waals surface area (Å²) in [5.74, 6) is -0.699. The maximum absolute atomic E-state index is 14.0. The van der Waals surface area contributed by atoms with Gasteiger partial charge in [0.2, 0.25) is 11.6 Å². The van der Waals surface area contributed by atoms with Crippen LogP contribution in [0.5, 0.6) is 0 Å². The topological polar surface area (TPSA) is 34.1 Å². The molecule has 0 atom stereocenters. The van der Waals surface area contributed by atoms with E-state index in [-0.39, 0.29) is 11.6 Å². The van der Waals surface area contributed by atoms with Gasteiger partial charge in [0.25, 0.3) is 0 Å². The first-order chi connectivity index (χ1) is 15.2. The third kappa shape index (κ3) is 2.79. The van der Waals surface area contributed by atoms with Crippen LogP contribution in [0.3, 0.4) is 0 Å². The minimum Gasteiger partial charge on any atom is -0.289 e. The van der Waals surface area contributed by atoms with E-state index in [1.165, 1.54) is 0 Å². The summed E-state index contributed by atoms with van der Waals surface area (Å²) in [6.07, 6.45) is 0.361. The molecule has 5 rings (SSSR count). The van der Waals surface area contributed by atoms with E-state index in [1.807, 2.05) is 121 Å². The maximum atomic E-state index is 14.0. The minimum atomic E-state index is -1.04. The molecule has 4 aromatic carbocycles. The number of hydrogen-bond acceptors (Lipinski definition) is 2. The molecule has 0 aromatic heterocycles. The quantitative estimate of drug-likeness (QED) is 0.422. The molecular weight excluding hydrogens is 380 g/mol. The summed E-state index contributed by atoms with van der Waals surface area (Å²) in [5.41, 5.74) is 1.35. The highest BCUT2D eigenvalue weighted by molar-refractivity contribution is 6.48. The summed E-state index contributed by atoms with van der Waals surface area (Å²) in [7, 11) is 0. The molecule has 0 spiro atoms. The van der Waals surface area contributed by atoms with Crippen molar-refractivity contribution in [2.45, 2.75) is 17.3 Å². The Morgan fingerprint density at radius 2 is 0.613 bits per heavy atom. The Morgan fingerprint density at radius 3 is 0.839 bits per heavy atom. The van der Waals surface area contributed by atoms with Gasteiger partial charge in [-0.3, -0.25) is 9.59 Å². The monoisotopic (exact) mass is 402 g/mol. The first kappa shape index (κ1) is 19.2. The third-order valence-electron chi connectivity index (χ3n) is 6.58. The number of carbonyl (C=O) groups excluding carboxylic acids is 2. The second kappa shape index (κ2) is 7.48. The molecule has 0 aliphatic heterocycles. The first-order valence-corrected chi connectivity index (χ1v) is 10.5. The highest BCUT2D eigenvalue weighted by Gasteiger charge is 2.63. The van der Waals surface area contributed by atoms with Crippen LogP contribution in [-0.2, 0) is 20.4 Å². The zero-order chi connectivity index (χ0) is 21.3. The average Bonchev–Trinajstić information content (AvgIpc) is 3.10. The molecule has 0 saturated heterocycles. The fourth-order valence-corrected chi connectivity index (χ4v) is 5.10. The normalized spacial score (nSPS) is 16.9. The fourth-order valence-electron chi connectivity index (χ4n) is 5.10. The molecule has 0 amide bonds. The highest BCUT2D eigenvalue weighted by atomic mass is 16.2. The van der Waals surface area contributed by atoms with Gasteiger partial charge in [-0.15, -0.1) is 0 Å². The lowest BCUT2D eigenvalue weighted by Crippen LogP contribution is -2.35. The molecule has 1 aliphatic rings. The fraction of sp³-hybridized carbons (Fsp3) is 0.103. The van der Waals surface area contributed by atoms with E-state index in [2.05, 4.69) is 0 Å². The van der Waals surface area contributed by atoms with Crippen molar-refractivity contribution in [2.24, 2.45) is 0 Å². The minimum absolute atomic E-state index is 0.349. The van der Waals surface area contributed by atoms with Crippen LogP contribution < -0.4 is 0 Å². The van der Waals surface area contributed by atoms with Crippen molar-refractivity contribution in [2.75, 3.05) is 0 Å². The Bertz CT molecular complexity index is 1040. The van der Waals surface area contributed by atoms with Gasteiger partial charge >= 0.3 is 0 Å². The molecule has 1 fully saturated rings. The highest BCUT2D eigenvalue weighted by Crippen LogP contribution is 2.54. The van der Waals surface area contributed by atoms with E-state index in [0.717, 1.165) is 22.3 Å².